The Kier molecular flexibility index (Phi) is 5.56. The highest BCUT2D eigenvalue weighted by atomic mass is 16.5. The number of benzene rings is 3. The fourth-order valence-corrected chi connectivity index (χ4v) is 2.55. The van der Waals surface area contributed by atoms with Crippen molar-refractivity contribution in [3.05, 3.63) is 66.2 Å². The van der Waals surface area contributed by atoms with E-state index in [0.29, 0.717) is 17.1 Å². The van der Waals surface area contributed by atoms with Crippen LogP contribution in [0.2, 0.25) is 0 Å². The smallest absolute Gasteiger partial charge is 0.280 e. The number of hydrazone groups is 1. The maximum Gasteiger partial charge on any atom is 0.280 e. The Morgan fingerprint density at radius 3 is 2.63 bits per heavy atom. The van der Waals surface area contributed by atoms with Gasteiger partial charge in [-0.2, -0.15) is 5.10 Å². The minimum absolute atomic E-state index is 0.000724. The predicted molar refractivity (Wildman–Crippen MR) is 104 cm³/mol. The van der Waals surface area contributed by atoms with E-state index in [-0.39, 0.29) is 11.7 Å². The van der Waals surface area contributed by atoms with Crippen molar-refractivity contribution < 1.29 is 19.4 Å². The van der Waals surface area contributed by atoms with E-state index >= 15 is 0 Å². The second-order valence-corrected chi connectivity index (χ2v) is 5.93. The summed E-state index contributed by atoms with van der Waals surface area (Å²) < 4.78 is 10.7. The van der Waals surface area contributed by atoms with Crippen molar-refractivity contribution in [1.29, 1.82) is 0 Å². The highest BCUT2D eigenvalue weighted by Gasteiger charge is 2.14. The van der Waals surface area contributed by atoms with Gasteiger partial charge in [-0.25, -0.2) is 5.43 Å². The van der Waals surface area contributed by atoms with E-state index in [1.807, 2.05) is 42.5 Å². The first kappa shape index (κ1) is 18.3. The number of hydrogen-bond donors (Lipinski definition) is 2. The molecule has 0 heterocycles. The van der Waals surface area contributed by atoms with Gasteiger partial charge in [0.05, 0.1) is 13.3 Å². The zero-order valence-electron chi connectivity index (χ0n) is 15.0. The molecule has 0 fully saturated rings. The molecule has 0 aromatic heterocycles. The van der Waals surface area contributed by atoms with E-state index in [0.717, 1.165) is 10.8 Å². The average Bonchev–Trinajstić information content (AvgIpc) is 2.68. The van der Waals surface area contributed by atoms with Crippen LogP contribution in [0.3, 0.4) is 0 Å². The molecule has 27 heavy (non-hydrogen) atoms. The van der Waals surface area contributed by atoms with Crippen LogP contribution in [-0.4, -0.2) is 30.4 Å². The first-order chi connectivity index (χ1) is 13.1. The summed E-state index contributed by atoms with van der Waals surface area (Å²) in [4.78, 5) is 12.1. The predicted octanol–water partition coefficient (Wildman–Crippen LogP) is 3.47. The van der Waals surface area contributed by atoms with Crippen LogP contribution < -0.4 is 14.9 Å². The second kappa shape index (κ2) is 8.23. The van der Waals surface area contributed by atoms with Crippen LogP contribution in [0.25, 0.3) is 10.8 Å². The third-order valence-electron chi connectivity index (χ3n) is 3.99. The lowest BCUT2D eigenvalue weighted by atomic mass is 10.1. The van der Waals surface area contributed by atoms with Gasteiger partial charge in [0.2, 0.25) is 0 Å². The summed E-state index contributed by atoms with van der Waals surface area (Å²) in [6.45, 7) is 1.65. The van der Waals surface area contributed by atoms with Crippen molar-refractivity contribution in [3.8, 4) is 17.2 Å². The Labute approximate surface area is 157 Å². The molecule has 1 amide bonds. The third kappa shape index (κ3) is 4.55. The van der Waals surface area contributed by atoms with Gasteiger partial charge in [0.15, 0.2) is 17.6 Å². The van der Waals surface area contributed by atoms with Gasteiger partial charge in [0.1, 0.15) is 5.75 Å². The van der Waals surface area contributed by atoms with Crippen LogP contribution in [0, 0.1) is 0 Å². The molecule has 3 rings (SSSR count). The molecule has 0 unspecified atom stereocenters. The maximum atomic E-state index is 12.1. The fourth-order valence-electron chi connectivity index (χ4n) is 2.55. The highest BCUT2D eigenvalue weighted by molar-refractivity contribution is 5.86. The minimum atomic E-state index is -0.715. The fraction of sp³-hybridized carbons (Fsp3) is 0.143. The van der Waals surface area contributed by atoms with E-state index in [4.69, 9.17) is 9.47 Å². The number of phenols is 1. The SMILES string of the molecule is COc1ccc(/C=N\NC(=O)[C@@H](C)Oc2ccc3ccccc3c2)cc1O. The first-order valence-corrected chi connectivity index (χ1v) is 8.42. The van der Waals surface area contributed by atoms with Crippen molar-refractivity contribution in [2.75, 3.05) is 7.11 Å². The molecule has 2 N–H and O–H groups in total. The molecule has 0 aliphatic heterocycles. The number of carbonyl (C=O) groups excluding carboxylic acids is 1. The van der Waals surface area contributed by atoms with Crippen molar-refractivity contribution >= 4 is 22.9 Å². The van der Waals surface area contributed by atoms with Crippen LogP contribution in [0.15, 0.2) is 65.8 Å². The Morgan fingerprint density at radius 2 is 1.89 bits per heavy atom. The lowest BCUT2D eigenvalue weighted by molar-refractivity contribution is -0.127. The molecular weight excluding hydrogens is 344 g/mol. The van der Waals surface area contributed by atoms with Crippen molar-refractivity contribution in [1.82, 2.24) is 5.43 Å². The van der Waals surface area contributed by atoms with Gasteiger partial charge in [-0.3, -0.25) is 4.79 Å². The molecule has 1 atom stereocenters. The van der Waals surface area contributed by atoms with Gasteiger partial charge in [-0.05, 0) is 53.6 Å². The molecule has 3 aromatic carbocycles. The van der Waals surface area contributed by atoms with E-state index in [1.54, 1.807) is 19.1 Å². The molecule has 0 saturated heterocycles. The summed E-state index contributed by atoms with van der Waals surface area (Å²) in [5.41, 5.74) is 3.05. The second-order valence-electron chi connectivity index (χ2n) is 5.93. The molecule has 0 spiro atoms. The van der Waals surface area contributed by atoms with Crippen molar-refractivity contribution in [2.24, 2.45) is 5.10 Å². The number of rotatable bonds is 6. The first-order valence-electron chi connectivity index (χ1n) is 8.42. The van der Waals surface area contributed by atoms with Gasteiger partial charge in [-0.1, -0.05) is 30.3 Å². The van der Waals surface area contributed by atoms with Gasteiger partial charge in [0.25, 0.3) is 5.91 Å². The number of nitrogens with one attached hydrogen (secondary N) is 1. The summed E-state index contributed by atoms with van der Waals surface area (Å²) >= 11 is 0. The number of methoxy groups -OCH3 is 1. The number of aromatic hydroxyl groups is 1. The maximum absolute atomic E-state index is 12.1. The van der Waals surface area contributed by atoms with Crippen LogP contribution in [0.5, 0.6) is 17.2 Å². The molecule has 3 aromatic rings. The number of fused-ring (bicyclic) bond motifs is 1. The largest absolute Gasteiger partial charge is 0.504 e. The number of carbonyl (C=O) groups is 1. The van der Waals surface area contributed by atoms with Crippen LogP contribution in [0.1, 0.15) is 12.5 Å². The van der Waals surface area contributed by atoms with Crippen LogP contribution >= 0.6 is 0 Å². The van der Waals surface area contributed by atoms with Gasteiger partial charge in [-0.15, -0.1) is 0 Å². The molecule has 6 heteroatoms. The molecule has 0 radical (unpaired) electrons. The Bertz CT molecular complexity index is 985. The number of nitrogens with zero attached hydrogens (tertiary/aromatic N) is 1. The lowest BCUT2D eigenvalue weighted by Crippen LogP contribution is -2.33. The zero-order chi connectivity index (χ0) is 19.2. The minimum Gasteiger partial charge on any atom is -0.504 e. The standard InChI is InChI=1S/C21H20N2O4/c1-14(27-18-9-8-16-5-3-4-6-17(16)12-18)21(25)23-22-13-15-7-10-20(26-2)19(24)11-15/h3-14,24H,1-2H3,(H,23,25)/b22-13-/t14-/m1/s1. The molecule has 138 valence electrons. The summed E-state index contributed by atoms with van der Waals surface area (Å²) in [6, 6.07) is 18.4. The number of phenolic OH excluding ortho intramolecular Hbond substituents is 1. The Morgan fingerprint density at radius 1 is 1.11 bits per heavy atom. The van der Waals surface area contributed by atoms with E-state index in [9.17, 15) is 9.90 Å². The Balaban J connectivity index is 1.59. The number of ether oxygens (including phenoxy) is 2. The molecule has 6 nitrogen and oxygen atoms in total. The summed E-state index contributed by atoms with van der Waals surface area (Å²) in [7, 11) is 1.47. The summed E-state index contributed by atoms with van der Waals surface area (Å²) in [6.07, 6.45) is 0.715. The summed E-state index contributed by atoms with van der Waals surface area (Å²) in [5, 5.41) is 15.8. The molecular formula is C21H20N2O4. The third-order valence-corrected chi connectivity index (χ3v) is 3.99. The van der Waals surface area contributed by atoms with E-state index in [1.165, 1.54) is 19.4 Å². The topological polar surface area (TPSA) is 80.2 Å². The van der Waals surface area contributed by atoms with Gasteiger partial charge in [0, 0.05) is 0 Å². The average molecular weight is 364 g/mol. The molecule has 0 saturated carbocycles. The van der Waals surface area contributed by atoms with Gasteiger partial charge >= 0.3 is 0 Å². The lowest BCUT2D eigenvalue weighted by Gasteiger charge is -2.13. The van der Waals surface area contributed by atoms with Crippen LogP contribution in [-0.2, 0) is 4.79 Å². The zero-order valence-corrected chi connectivity index (χ0v) is 15.0. The molecule has 0 bridgehead atoms. The highest BCUT2D eigenvalue weighted by Crippen LogP contribution is 2.25. The summed E-state index contributed by atoms with van der Waals surface area (Å²) in [5.74, 6) is 0.604. The van der Waals surface area contributed by atoms with Crippen LogP contribution in [0.4, 0.5) is 0 Å². The number of amides is 1. The molecule has 0 aliphatic rings. The normalized spacial score (nSPS) is 12.1. The van der Waals surface area contributed by atoms with E-state index < -0.39 is 6.10 Å². The quantitative estimate of drug-likeness (QED) is 0.518. The van der Waals surface area contributed by atoms with E-state index in [2.05, 4.69) is 10.5 Å². The van der Waals surface area contributed by atoms with Crippen molar-refractivity contribution in [2.45, 2.75) is 13.0 Å². The van der Waals surface area contributed by atoms with Crippen molar-refractivity contribution in [3.63, 3.8) is 0 Å². The monoisotopic (exact) mass is 364 g/mol. The van der Waals surface area contributed by atoms with Gasteiger partial charge < -0.3 is 14.6 Å². The Hall–Kier alpha value is -3.54. The molecule has 0 aliphatic carbocycles. The number of hydrogen-bond acceptors (Lipinski definition) is 5.